The molecule has 0 heterocycles. The molecule has 0 aromatic heterocycles. The van der Waals surface area contributed by atoms with Crippen LogP contribution in [0.5, 0.6) is 0 Å². The van der Waals surface area contributed by atoms with Crippen molar-refractivity contribution < 1.29 is 35.6 Å². The molecular weight excluding hydrogens is 622 g/mol. The minimum absolute atomic E-state index is 0.0430. The number of anilines is 1. The van der Waals surface area contributed by atoms with Crippen LogP contribution in [0, 0.1) is 5.82 Å². The van der Waals surface area contributed by atoms with Gasteiger partial charge in [0.15, 0.2) is 0 Å². The van der Waals surface area contributed by atoms with Crippen molar-refractivity contribution >= 4 is 27.5 Å². The quantitative estimate of drug-likeness (QED) is 0.184. The predicted octanol–water partition coefficient (Wildman–Crippen LogP) is 6.20. The highest BCUT2D eigenvalue weighted by Gasteiger charge is 2.36. The number of benzene rings is 4. The smallest absolute Gasteiger partial charge is 0.352 e. The molecular formula is C34H33F4N3O4S. The first-order valence-electron chi connectivity index (χ1n) is 14.4. The third-order valence-corrected chi connectivity index (χ3v) is 8.83. The fourth-order valence-electron chi connectivity index (χ4n) is 4.81. The number of rotatable bonds is 12. The molecule has 0 saturated carbocycles. The number of sulfonamides is 1. The van der Waals surface area contributed by atoms with Gasteiger partial charge in [0.1, 0.15) is 18.4 Å². The van der Waals surface area contributed by atoms with Crippen LogP contribution in [0.15, 0.2) is 114 Å². The monoisotopic (exact) mass is 655 g/mol. The molecule has 12 heteroatoms. The number of hydrogen-bond acceptors (Lipinski definition) is 4. The van der Waals surface area contributed by atoms with Gasteiger partial charge in [-0.25, -0.2) is 12.8 Å². The largest absolute Gasteiger partial charge is 0.416 e. The minimum atomic E-state index is -4.79. The average Bonchev–Trinajstić information content (AvgIpc) is 3.02. The Kier molecular flexibility index (Phi) is 10.8. The summed E-state index contributed by atoms with van der Waals surface area (Å²) in [6, 6.07) is 23.3. The van der Waals surface area contributed by atoms with Crippen LogP contribution < -0.4 is 9.62 Å². The van der Waals surface area contributed by atoms with Gasteiger partial charge in [0.2, 0.25) is 11.8 Å². The molecule has 0 spiro atoms. The van der Waals surface area contributed by atoms with E-state index in [1.54, 1.807) is 50.2 Å². The number of carbonyl (C=O) groups is 2. The van der Waals surface area contributed by atoms with E-state index in [-0.39, 0.29) is 29.6 Å². The summed E-state index contributed by atoms with van der Waals surface area (Å²) in [6.45, 7) is 2.33. The van der Waals surface area contributed by atoms with Gasteiger partial charge in [0.05, 0.1) is 16.1 Å². The van der Waals surface area contributed by atoms with Gasteiger partial charge in [-0.1, -0.05) is 66.7 Å². The fraction of sp³-hybridized carbons (Fsp3) is 0.235. The molecule has 0 saturated heterocycles. The van der Waals surface area contributed by atoms with Crippen LogP contribution >= 0.6 is 0 Å². The average molecular weight is 656 g/mol. The molecule has 7 nitrogen and oxygen atoms in total. The lowest BCUT2D eigenvalue weighted by Gasteiger charge is -2.34. The van der Waals surface area contributed by atoms with Crippen molar-refractivity contribution in [3.63, 3.8) is 0 Å². The standard InChI is InChI=1S/C34H33F4N3O4S/c1-24(2)39-33(43)31(20-25-10-5-3-6-11-25)40(22-26-16-18-28(35)19-17-26)32(42)23-41(46(44,45)30-14-7-4-8-15-30)29-13-9-12-27(21-29)34(36,37)38/h3-19,21,24,31H,20,22-23H2,1-2H3,(H,39,43)/t31-/m1/s1. The molecule has 4 aromatic rings. The first kappa shape index (κ1) is 34.2. The molecule has 0 aliphatic rings. The molecule has 0 unspecified atom stereocenters. The molecule has 0 radical (unpaired) electrons. The lowest BCUT2D eigenvalue weighted by Crippen LogP contribution is -2.54. The Morgan fingerprint density at radius 1 is 0.804 bits per heavy atom. The Balaban J connectivity index is 1.83. The van der Waals surface area contributed by atoms with Crippen molar-refractivity contribution in [2.75, 3.05) is 10.8 Å². The van der Waals surface area contributed by atoms with E-state index in [2.05, 4.69) is 5.32 Å². The zero-order chi connectivity index (χ0) is 33.5. The molecule has 1 N–H and O–H groups in total. The first-order valence-corrected chi connectivity index (χ1v) is 15.8. The van der Waals surface area contributed by atoms with Gasteiger partial charge in [-0.2, -0.15) is 13.2 Å². The van der Waals surface area contributed by atoms with E-state index >= 15 is 0 Å². The van der Waals surface area contributed by atoms with Crippen LogP contribution in [0.3, 0.4) is 0 Å². The summed E-state index contributed by atoms with van der Waals surface area (Å²) < 4.78 is 83.4. The Morgan fingerprint density at radius 3 is 2.00 bits per heavy atom. The number of halogens is 4. The molecule has 0 aliphatic carbocycles. The summed E-state index contributed by atoms with van der Waals surface area (Å²) in [5.74, 6) is -1.91. The Hall–Kier alpha value is -4.71. The Morgan fingerprint density at radius 2 is 1.41 bits per heavy atom. The maximum absolute atomic E-state index is 14.3. The third kappa shape index (κ3) is 8.72. The summed E-state index contributed by atoms with van der Waals surface area (Å²) in [6.07, 6.45) is -4.74. The third-order valence-electron chi connectivity index (χ3n) is 7.04. The Labute approximate surface area is 265 Å². The van der Waals surface area contributed by atoms with Crippen molar-refractivity contribution in [1.29, 1.82) is 0 Å². The van der Waals surface area contributed by atoms with Gasteiger partial charge in [-0.15, -0.1) is 0 Å². The van der Waals surface area contributed by atoms with Crippen molar-refractivity contribution in [2.24, 2.45) is 0 Å². The molecule has 0 aliphatic heterocycles. The summed E-state index contributed by atoms with van der Waals surface area (Å²) in [4.78, 5) is 28.9. The van der Waals surface area contributed by atoms with Gasteiger partial charge in [0.25, 0.3) is 10.0 Å². The van der Waals surface area contributed by atoms with E-state index in [9.17, 15) is 35.6 Å². The van der Waals surface area contributed by atoms with Gasteiger partial charge in [-0.3, -0.25) is 13.9 Å². The zero-order valence-electron chi connectivity index (χ0n) is 25.1. The van der Waals surface area contributed by atoms with Crippen LogP contribution in [-0.2, 0) is 38.8 Å². The fourth-order valence-corrected chi connectivity index (χ4v) is 6.23. The minimum Gasteiger partial charge on any atom is -0.352 e. The molecule has 1 atom stereocenters. The normalized spacial score (nSPS) is 12.4. The predicted molar refractivity (Wildman–Crippen MR) is 167 cm³/mol. The van der Waals surface area contributed by atoms with E-state index in [1.165, 1.54) is 59.5 Å². The van der Waals surface area contributed by atoms with Crippen LogP contribution in [0.2, 0.25) is 0 Å². The van der Waals surface area contributed by atoms with Crippen molar-refractivity contribution in [3.8, 4) is 0 Å². The number of carbonyl (C=O) groups excluding carboxylic acids is 2. The highest BCUT2D eigenvalue weighted by Crippen LogP contribution is 2.33. The van der Waals surface area contributed by atoms with Crippen LogP contribution in [0.4, 0.5) is 23.2 Å². The Bertz CT molecular complexity index is 1730. The van der Waals surface area contributed by atoms with E-state index in [0.29, 0.717) is 21.5 Å². The van der Waals surface area contributed by atoms with Gasteiger partial charge in [-0.05, 0) is 67.4 Å². The molecule has 4 rings (SSSR count). The maximum atomic E-state index is 14.3. The molecule has 46 heavy (non-hydrogen) atoms. The van der Waals surface area contributed by atoms with Crippen molar-refractivity contribution in [3.05, 3.63) is 132 Å². The number of nitrogens with one attached hydrogen (secondary N) is 1. The van der Waals surface area contributed by atoms with Gasteiger partial charge in [0, 0.05) is 19.0 Å². The lowest BCUT2D eigenvalue weighted by atomic mass is 10.0. The summed E-state index contributed by atoms with van der Waals surface area (Å²) in [7, 11) is -4.58. The lowest BCUT2D eigenvalue weighted by molar-refractivity contribution is -0.140. The van der Waals surface area contributed by atoms with Gasteiger partial charge >= 0.3 is 6.18 Å². The molecule has 0 bridgehead atoms. The van der Waals surface area contributed by atoms with E-state index in [0.717, 1.165) is 12.1 Å². The zero-order valence-corrected chi connectivity index (χ0v) is 25.9. The molecule has 2 amide bonds. The SMILES string of the molecule is CC(C)NC(=O)[C@@H](Cc1ccccc1)N(Cc1ccc(F)cc1)C(=O)CN(c1cccc(C(F)(F)F)c1)S(=O)(=O)c1ccccc1. The second-order valence-electron chi connectivity index (χ2n) is 10.9. The van der Waals surface area contributed by atoms with Crippen molar-refractivity contribution in [2.45, 2.75) is 50.0 Å². The van der Waals surface area contributed by atoms with Crippen LogP contribution in [-0.4, -0.2) is 43.8 Å². The van der Waals surface area contributed by atoms with E-state index < -0.39 is 52.0 Å². The highest BCUT2D eigenvalue weighted by molar-refractivity contribution is 7.92. The molecule has 4 aromatic carbocycles. The first-order chi connectivity index (χ1) is 21.8. The summed E-state index contributed by atoms with van der Waals surface area (Å²) >= 11 is 0. The van der Waals surface area contributed by atoms with E-state index in [1.807, 2.05) is 0 Å². The number of nitrogens with zero attached hydrogens (tertiary/aromatic N) is 2. The summed E-state index contributed by atoms with van der Waals surface area (Å²) in [5, 5.41) is 2.81. The highest BCUT2D eigenvalue weighted by atomic mass is 32.2. The second-order valence-corrected chi connectivity index (χ2v) is 12.8. The summed E-state index contributed by atoms with van der Waals surface area (Å²) in [5.41, 5.74) is -0.344. The second kappa shape index (κ2) is 14.6. The number of hydrogen-bond donors (Lipinski definition) is 1. The molecule has 242 valence electrons. The van der Waals surface area contributed by atoms with Crippen LogP contribution in [0.25, 0.3) is 0 Å². The van der Waals surface area contributed by atoms with Gasteiger partial charge < -0.3 is 10.2 Å². The maximum Gasteiger partial charge on any atom is 0.416 e. The topological polar surface area (TPSA) is 86.8 Å². The van der Waals surface area contributed by atoms with Crippen molar-refractivity contribution in [1.82, 2.24) is 10.2 Å². The number of amides is 2. The van der Waals surface area contributed by atoms with Crippen LogP contribution in [0.1, 0.15) is 30.5 Å². The molecule has 0 fully saturated rings. The number of alkyl halides is 3. The van der Waals surface area contributed by atoms with E-state index in [4.69, 9.17) is 0 Å².